The van der Waals surface area contributed by atoms with Gasteiger partial charge in [-0.15, -0.1) is 0 Å². The molecule has 1 atom stereocenters. The van der Waals surface area contributed by atoms with E-state index in [9.17, 15) is 9.59 Å². The first-order chi connectivity index (χ1) is 4.22. The van der Waals surface area contributed by atoms with E-state index >= 15 is 0 Å². The molecule has 0 heterocycles. The summed E-state index contributed by atoms with van der Waals surface area (Å²) >= 11 is 0. The molecule has 0 saturated heterocycles. The third-order valence-corrected chi connectivity index (χ3v) is 0.993. The van der Waals surface area contributed by atoms with E-state index in [2.05, 4.69) is 4.74 Å². The molecule has 0 aliphatic heterocycles. The predicted octanol–water partition coefficient (Wildman–Crippen LogP) is 0.295. The summed E-state index contributed by atoms with van der Waals surface area (Å²) in [6, 6.07) is 0. The number of carbonyl (C=O) groups excluding carboxylic acids is 2. The van der Waals surface area contributed by atoms with E-state index in [4.69, 9.17) is 0 Å². The Balaban J connectivity index is 3.58. The lowest BCUT2D eigenvalue weighted by Gasteiger charge is -2.01. The maximum absolute atomic E-state index is 10.5. The van der Waals surface area contributed by atoms with Crippen LogP contribution in [0.4, 0.5) is 0 Å². The first-order valence-corrected chi connectivity index (χ1v) is 2.65. The Kier molecular flexibility index (Phi) is 3.67. The van der Waals surface area contributed by atoms with Gasteiger partial charge in [0.05, 0.1) is 13.0 Å². The monoisotopic (exact) mass is 129 g/mol. The fraction of sp³-hybridized carbons (Fsp3) is 0.667. The van der Waals surface area contributed by atoms with Crippen LogP contribution in [0.5, 0.6) is 0 Å². The fourth-order valence-electron chi connectivity index (χ4n) is 0.410. The standard InChI is InChI=1S/C6H9O3/c1-5(3-4-7)6(8)9-2/h5H,3H2,1-2H3. The van der Waals surface area contributed by atoms with E-state index in [1.54, 1.807) is 13.2 Å². The second kappa shape index (κ2) is 4.06. The Hall–Kier alpha value is -0.860. The summed E-state index contributed by atoms with van der Waals surface area (Å²) in [6.45, 7) is 1.62. The molecule has 0 aromatic heterocycles. The molecule has 3 heteroatoms. The summed E-state index contributed by atoms with van der Waals surface area (Å²) < 4.78 is 4.35. The molecule has 0 aromatic rings. The van der Waals surface area contributed by atoms with Crippen molar-refractivity contribution in [3.8, 4) is 0 Å². The molecule has 0 saturated carbocycles. The Labute approximate surface area is 54.0 Å². The van der Waals surface area contributed by atoms with Crippen molar-refractivity contribution in [3.63, 3.8) is 0 Å². The van der Waals surface area contributed by atoms with E-state index in [1.807, 2.05) is 0 Å². The van der Waals surface area contributed by atoms with Gasteiger partial charge in [0.15, 0.2) is 6.29 Å². The van der Waals surface area contributed by atoms with E-state index < -0.39 is 0 Å². The quantitative estimate of drug-likeness (QED) is 0.514. The zero-order valence-corrected chi connectivity index (χ0v) is 5.51. The van der Waals surface area contributed by atoms with Gasteiger partial charge in [0.25, 0.3) is 0 Å². The molecule has 0 bridgehead atoms. The largest absolute Gasteiger partial charge is 0.469 e. The average Bonchev–Trinajstić information content (AvgIpc) is 1.87. The van der Waals surface area contributed by atoms with Crippen molar-refractivity contribution >= 4 is 12.3 Å². The number of methoxy groups -OCH3 is 1. The van der Waals surface area contributed by atoms with Gasteiger partial charge >= 0.3 is 5.97 Å². The highest BCUT2D eigenvalue weighted by atomic mass is 16.5. The summed E-state index contributed by atoms with van der Waals surface area (Å²) in [5.41, 5.74) is 0. The van der Waals surface area contributed by atoms with Crippen molar-refractivity contribution < 1.29 is 14.3 Å². The number of hydrogen-bond acceptors (Lipinski definition) is 3. The highest BCUT2D eigenvalue weighted by Gasteiger charge is 2.11. The third kappa shape index (κ3) is 2.85. The van der Waals surface area contributed by atoms with Crippen LogP contribution in [0.15, 0.2) is 0 Å². The van der Waals surface area contributed by atoms with E-state index in [-0.39, 0.29) is 18.3 Å². The predicted molar refractivity (Wildman–Crippen MR) is 31.5 cm³/mol. The molecule has 0 N–H and O–H groups in total. The summed E-state index contributed by atoms with van der Waals surface area (Å²) in [5, 5.41) is 0. The zero-order chi connectivity index (χ0) is 7.28. The lowest BCUT2D eigenvalue weighted by molar-refractivity contribution is -0.144. The molecule has 0 fully saturated rings. The van der Waals surface area contributed by atoms with Crippen LogP contribution in [0.3, 0.4) is 0 Å². The van der Waals surface area contributed by atoms with Gasteiger partial charge in [-0.05, 0) is 0 Å². The van der Waals surface area contributed by atoms with Crippen molar-refractivity contribution in [2.75, 3.05) is 7.11 Å². The van der Waals surface area contributed by atoms with E-state index in [1.165, 1.54) is 7.11 Å². The lowest BCUT2D eigenvalue weighted by atomic mass is 10.1. The summed E-state index contributed by atoms with van der Waals surface area (Å²) in [4.78, 5) is 20.2. The topological polar surface area (TPSA) is 43.4 Å². The smallest absolute Gasteiger partial charge is 0.308 e. The van der Waals surface area contributed by atoms with Crippen LogP contribution in [-0.2, 0) is 14.3 Å². The molecule has 0 aliphatic rings. The molecule has 0 aliphatic carbocycles. The van der Waals surface area contributed by atoms with Crippen LogP contribution in [0, 0.1) is 5.92 Å². The van der Waals surface area contributed by atoms with Gasteiger partial charge in [0.1, 0.15) is 0 Å². The van der Waals surface area contributed by atoms with Crippen molar-refractivity contribution in [1.29, 1.82) is 0 Å². The molecule has 1 radical (unpaired) electrons. The maximum Gasteiger partial charge on any atom is 0.308 e. The number of ether oxygens (including phenoxy) is 1. The number of carbonyl (C=O) groups is 1. The molecule has 0 aromatic carbocycles. The van der Waals surface area contributed by atoms with Gasteiger partial charge in [-0.25, -0.2) is 0 Å². The van der Waals surface area contributed by atoms with Crippen LogP contribution < -0.4 is 0 Å². The lowest BCUT2D eigenvalue weighted by Crippen LogP contribution is -2.12. The zero-order valence-electron chi connectivity index (χ0n) is 5.51. The van der Waals surface area contributed by atoms with Crippen LogP contribution in [0.2, 0.25) is 0 Å². The van der Waals surface area contributed by atoms with Gasteiger partial charge in [-0.3, -0.25) is 9.59 Å². The molecular weight excluding hydrogens is 120 g/mol. The second-order valence-electron chi connectivity index (χ2n) is 1.77. The Morgan fingerprint density at radius 1 is 1.78 bits per heavy atom. The molecular formula is C6H9O3. The van der Waals surface area contributed by atoms with Crippen molar-refractivity contribution in [3.05, 3.63) is 0 Å². The fourth-order valence-corrected chi connectivity index (χ4v) is 0.410. The number of rotatable bonds is 3. The van der Waals surface area contributed by atoms with Crippen LogP contribution >= 0.6 is 0 Å². The van der Waals surface area contributed by atoms with Gasteiger partial charge in [-0.2, -0.15) is 0 Å². The number of hydrogen-bond donors (Lipinski definition) is 0. The van der Waals surface area contributed by atoms with Crippen molar-refractivity contribution in [1.82, 2.24) is 0 Å². The Morgan fingerprint density at radius 3 is 2.67 bits per heavy atom. The van der Waals surface area contributed by atoms with Crippen molar-refractivity contribution in [2.24, 2.45) is 5.92 Å². The minimum Gasteiger partial charge on any atom is -0.469 e. The summed E-state index contributed by atoms with van der Waals surface area (Å²) in [6.07, 6.45) is 1.75. The van der Waals surface area contributed by atoms with E-state index in [0.29, 0.717) is 0 Å². The highest BCUT2D eigenvalue weighted by Crippen LogP contribution is 1.99. The Bertz CT molecular complexity index is 109. The summed E-state index contributed by atoms with van der Waals surface area (Å²) in [7, 11) is 1.30. The molecule has 51 valence electrons. The molecule has 9 heavy (non-hydrogen) atoms. The Morgan fingerprint density at radius 2 is 2.33 bits per heavy atom. The molecule has 0 rings (SSSR count). The number of esters is 1. The first-order valence-electron chi connectivity index (χ1n) is 2.65. The highest BCUT2D eigenvalue weighted by molar-refractivity contribution is 5.74. The maximum atomic E-state index is 10.5. The second-order valence-corrected chi connectivity index (χ2v) is 1.77. The van der Waals surface area contributed by atoms with Gasteiger partial charge in [-0.1, -0.05) is 6.92 Å². The van der Waals surface area contributed by atoms with E-state index in [0.717, 1.165) is 0 Å². The first kappa shape index (κ1) is 8.14. The van der Waals surface area contributed by atoms with Crippen LogP contribution in [0.1, 0.15) is 13.3 Å². The van der Waals surface area contributed by atoms with Crippen LogP contribution in [-0.4, -0.2) is 19.4 Å². The molecule has 0 spiro atoms. The SMILES string of the molecule is COC(=O)C(C)C[C]=O. The van der Waals surface area contributed by atoms with Gasteiger partial charge in [0.2, 0.25) is 0 Å². The van der Waals surface area contributed by atoms with Gasteiger partial charge < -0.3 is 4.74 Å². The van der Waals surface area contributed by atoms with Crippen molar-refractivity contribution in [2.45, 2.75) is 13.3 Å². The summed E-state index contributed by atoms with van der Waals surface area (Å²) in [5.74, 6) is -0.717. The third-order valence-electron chi connectivity index (χ3n) is 0.993. The average molecular weight is 129 g/mol. The molecule has 0 amide bonds. The van der Waals surface area contributed by atoms with Crippen LogP contribution in [0.25, 0.3) is 0 Å². The minimum absolute atomic E-state index is 0.118. The minimum atomic E-state index is -0.363. The molecule has 1 unspecified atom stereocenters. The van der Waals surface area contributed by atoms with Gasteiger partial charge in [0, 0.05) is 6.42 Å². The normalized spacial score (nSPS) is 12.2. The molecule has 3 nitrogen and oxygen atoms in total.